The zero-order chi connectivity index (χ0) is 28.5. The number of rotatable bonds is 1. The fourth-order valence-corrected chi connectivity index (χ4v) is 16.3. The van der Waals surface area contributed by atoms with Gasteiger partial charge in [-0.15, -0.1) is 0 Å². The largest absolute Gasteiger partial charge is 0.396 e. The molecular formula is C38H62O2. The quantitative estimate of drug-likeness (QED) is 0.353. The molecule has 7 aliphatic carbocycles. The van der Waals surface area contributed by atoms with Crippen molar-refractivity contribution in [3.63, 3.8) is 0 Å². The van der Waals surface area contributed by atoms with Crippen molar-refractivity contribution in [2.75, 3.05) is 6.61 Å². The molecule has 0 aromatic carbocycles. The van der Waals surface area contributed by atoms with Crippen molar-refractivity contribution >= 4 is 5.78 Å². The molecule has 0 heterocycles. The standard InChI is InChI=1S/C38H62O2/c1-24-10-11-28-34(3,26(24)23-39)19-13-30-36(28,5)21-15-32-37(6)20-14-29-33(2)17-8-9-27(40)25(33)12-18-35(29,4)31(37)16-22-38(30,32)7/h24-26,28-32,39H,8-23H2,1-7H3/t24-,25+,26-,28+,29-,30-,31+,32-,33+,34+,35-,36-,37+,38+/m1/s1. The molecule has 2 heteroatoms. The SMILES string of the molecule is C[C@@H]1CC[C@@H]2[C@@]3(C)CC[C@@H]4[C@@]5(C)CC[C@H]6[C@@](C)(CC[C@H]7C(=O)CCC[C@]67C)[C@@H]5CC[C@@]4(C)[C@@H]3CC[C@@]2(C)[C@@H]1CO. The van der Waals surface area contributed by atoms with Crippen LogP contribution in [0.5, 0.6) is 0 Å². The minimum Gasteiger partial charge on any atom is -0.396 e. The zero-order valence-corrected chi connectivity index (χ0v) is 27.3. The molecule has 7 rings (SSSR count). The number of Topliss-reactive ketones (excluding diaryl/α,β-unsaturated/α-hetero) is 1. The van der Waals surface area contributed by atoms with E-state index in [0.29, 0.717) is 57.2 Å². The monoisotopic (exact) mass is 550 g/mol. The molecule has 40 heavy (non-hydrogen) atoms. The van der Waals surface area contributed by atoms with Crippen molar-refractivity contribution in [3.8, 4) is 0 Å². The molecule has 14 atom stereocenters. The van der Waals surface area contributed by atoms with Gasteiger partial charge in [-0.25, -0.2) is 0 Å². The smallest absolute Gasteiger partial charge is 0.136 e. The Morgan fingerprint density at radius 3 is 1.50 bits per heavy atom. The predicted molar refractivity (Wildman–Crippen MR) is 164 cm³/mol. The van der Waals surface area contributed by atoms with Crippen LogP contribution in [-0.4, -0.2) is 17.5 Å². The van der Waals surface area contributed by atoms with E-state index >= 15 is 0 Å². The molecule has 0 spiro atoms. The minimum absolute atomic E-state index is 0.255. The highest BCUT2D eigenvalue weighted by atomic mass is 16.3. The fourth-order valence-electron chi connectivity index (χ4n) is 16.3. The Bertz CT molecular complexity index is 1050. The van der Waals surface area contributed by atoms with E-state index in [1.807, 2.05) is 0 Å². The molecule has 0 aromatic rings. The normalized spacial score (nSPS) is 61.2. The van der Waals surface area contributed by atoms with Crippen LogP contribution >= 0.6 is 0 Å². The lowest BCUT2D eigenvalue weighted by atomic mass is 9.30. The van der Waals surface area contributed by atoms with E-state index in [9.17, 15) is 9.90 Å². The summed E-state index contributed by atoms with van der Waals surface area (Å²) in [6, 6.07) is 0. The van der Waals surface area contributed by atoms with Crippen LogP contribution in [0.1, 0.15) is 145 Å². The van der Waals surface area contributed by atoms with Gasteiger partial charge < -0.3 is 5.11 Å². The van der Waals surface area contributed by atoms with Crippen LogP contribution in [0.15, 0.2) is 0 Å². The Balaban J connectivity index is 1.21. The number of aliphatic hydroxyl groups is 1. The van der Waals surface area contributed by atoms with E-state index in [2.05, 4.69) is 48.5 Å². The van der Waals surface area contributed by atoms with Crippen molar-refractivity contribution in [2.45, 2.75) is 145 Å². The van der Waals surface area contributed by atoms with Gasteiger partial charge in [0.1, 0.15) is 5.78 Å². The molecule has 7 aliphatic rings. The summed E-state index contributed by atoms with van der Waals surface area (Å²) >= 11 is 0. The first-order chi connectivity index (χ1) is 18.8. The Morgan fingerprint density at radius 2 is 1.00 bits per heavy atom. The molecule has 0 radical (unpaired) electrons. The second-order valence-electron chi connectivity index (χ2n) is 18.7. The first-order valence-corrected chi connectivity index (χ1v) is 17.9. The molecule has 0 aromatic heterocycles. The Kier molecular flexibility index (Phi) is 6.28. The Morgan fingerprint density at radius 1 is 0.575 bits per heavy atom. The first-order valence-electron chi connectivity index (χ1n) is 17.9. The number of ketones is 1. The Labute approximate surface area is 246 Å². The molecule has 0 saturated heterocycles. The highest BCUT2D eigenvalue weighted by molar-refractivity contribution is 5.82. The second kappa shape index (κ2) is 8.85. The van der Waals surface area contributed by atoms with E-state index < -0.39 is 0 Å². The van der Waals surface area contributed by atoms with Crippen molar-refractivity contribution in [1.82, 2.24) is 0 Å². The van der Waals surface area contributed by atoms with Gasteiger partial charge >= 0.3 is 0 Å². The predicted octanol–water partition coefficient (Wildman–Crippen LogP) is 9.48. The van der Waals surface area contributed by atoms with Crippen LogP contribution in [-0.2, 0) is 4.79 Å². The molecule has 7 saturated carbocycles. The van der Waals surface area contributed by atoms with Crippen molar-refractivity contribution in [3.05, 3.63) is 0 Å². The van der Waals surface area contributed by atoms with Crippen LogP contribution in [0.25, 0.3) is 0 Å². The van der Waals surface area contributed by atoms with E-state index in [1.165, 1.54) is 83.5 Å². The van der Waals surface area contributed by atoms with Crippen LogP contribution in [0.2, 0.25) is 0 Å². The van der Waals surface area contributed by atoms with Crippen LogP contribution < -0.4 is 0 Å². The van der Waals surface area contributed by atoms with E-state index in [-0.39, 0.29) is 5.41 Å². The molecular weight excluding hydrogens is 488 g/mol. The molecule has 7 fully saturated rings. The second-order valence-corrected chi connectivity index (χ2v) is 18.7. The van der Waals surface area contributed by atoms with Crippen LogP contribution in [0.4, 0.5) is 0 Å². The van der Waals surface area contributed by atoms with Gasteiger partial charge in [0.2, 0.25) is 0 Å². The summed E-state index contributed by atoms with van der Waals surface area (Å²) in [5.41, 5.74) is 2.34. The van der Waals surface area contributed by atoms with Gasteiger partial charge in [0.25, 0.3) is 0 Å². The molecule has 0 aliphatic heterocycles. The average Bonchev–Trinajstić information content (AvgIpc) is 2.87. The number of hydrogen-bond acceptors (Lipinski definition) is 2. The number of aliphatic hydroxyl groups excluding tert-OH is 1. The fraction of sp³-hybridized carbons (Fsp3) is 0.974. The topological polar surface area (TPSA) is 37.3 Å². The van der Waals surface area contributed by atoms with Gasteiger partial charge in [0.05, 0.1) is 0 Å². The van der Waals surface area contributed by atoms with E-state index in [0.717, 1.165) is 42.4 Å². The van der Waals surface area contributed by atoms with Crippen LogP contribution in [0, 0.1) is 79.8 Å². The van der Waals surface area contributed by atoms with Crippen molar-refractivity contribution in [2.24, 2.45) is 79.8 Å². The van der Waals surface area contributed by atoms with E-state index in [4.69, 9.17) is 0 Å². The highest BCUT2D eigenvalue weighted by Crippen LogP contribution is 2.78. The number of hydrogen-bond donors (Lipinski definition) is 1. The maximum absolute atomic E-state index is 13.1. The van der Waals surface area contributed by atoms with Crippen LogP contribution in [0.3, 0.4) is 0 Å². The highest BCUT2D eigenvalue weighted by Gasteiger charge is 2.71. The summed E-state index contributed by atoms with van der Waals surface area (Å²) in [6.45, 7) is 19.0. The van der Waals surface area contributed by atoms with Gasteiger partial charge in [0.15, 0.2) is 0 Å². The summed E-state index contributed by atoms with van der Waals surface area (Å²) in [5.74, 6) is 6.17. The third-order valence-electron chi connectivity index (χ3n) is 17.8. The number of fused-ring (bicyclic) bond motifs is 11. The lowest BCUT2D eigenvalue weighted by Gasteiger charge is -2.75. The van der Waals surface area contributed by atoms with Gasteiger partial charge in [-0.3, -0.25) is 4.79 Å². The van der Waals surface area contributed by atoms with Gasteiger partial charge in [-0.1, -0.05) is 54.9 Å². The zero-order valence-electron chi connectivity index (χ0n) is 27.3. The summed E-state index contributed by atoms with van der Waals surface area (Å²) < 4.78 is 0. The average molecular weight is 551 g/mol. The van der Waals surface area contributed by atoms with Gasteiger partial charge in [-0.05, 0) is 157 Å². The molecule has 226 valence electrons. The molecule has 2 nitrogen and oxygen atoms in total. The maximum atomic E-state index is 13.1. The third kappa shape index (κ3) is 3.30. The maximum Gasteiger partial charge on any atom is 0.136 e. The van der Waals surface area contributed by atoms with Crippen molar-refractivity contribution < 1.29 is 9.90 Å². The first kappa shape index (κ1) is 28.4. The van der Waals surface area contributed by atoms with E-state index in [1.54, 1.807) is 0 Å². The Hall–Kier alpha value is -0.370. The summed E-state index contributed by atoms with van der Waals surface area (Å²) in [4.78, 5) is 13.1. The lowest BCUT2D eigenvalue weighted by molar-refractivity contribution is -0.260. The number of carbonyl (C=O) groups is 1. The molecule has 0 bridgehead atoms. The molecule has 0 amide bonds. The van der Waals surface area contributed by atoms with Gasteiger partial charge in [-0.2, -0.15) is 0 Å². The summed E-state index contributed by atoms with van der Waals surface area (Å²) in [5, 5.41) is 10.6. The molecule has 0 unspecified atom stereocenters. The third-order valence-corrected chi connectivity index (χ3v) is 17.8. The summed E-state index contributed by atoms with van der Waals surface area (Å²) in [7, 11) is 0. The summed E-state index contributed by atoms with van der Waals surface area (Å²) in [6.07, 6.45) is 19.7. The number of carbonyl (C=O) groups excluding carboxylic acids is 1. The lowest BCUT2D eigenvalue weighted by Crippen LogP contribution is -2.68. The van der Waals surface area contributed by atoms with Crippen molar-refractivity contribution in [1.29, 1.82) is 0 Å². The molecule has 1 N–H and O–H groups in total. The van der Waals surface area contributed by atoms with Gasteiger partial charge in [0, 0.05) is 18.9 Å². The minimum atomic E-state index is 0.255.